The fraction of sp³-hybridized carbons (Fsp3) is 0.550. The maximum Gasteiger partial charge on any atom is 0.326 e. The number of rotatable bonds is 7. The molecule has 2 atom stereocenters. The van der Waals surface area contributed by atoms with Crippen LogP contribution in [0.4, 0.5) is 0 Å². The van der Waals surface area contributed by atoms with Crippen molar-refractivity contribution in [1.82, 2.24) is 10.2 Å². The number of nitrogens with zero attached hydrogens (tertiary/aromatic N) is 1. The summed E-state index contributed by atoms with van der Waals surface area (Å²) >= 11 is 0. The van der Waals surface area contributed by atoms with Crippen molar-refractivity contribution >= 4 is 17.8 Å². The smallest absolute Gasteiger partial charge is 0.326 e. The lowest BCUT2D eigenvalue weighted by Gasteiger charge is -2.32. The average molecular weight is 376 g/mol. The SMILES string of the molecule is COCCC(NC(=O)C1CCCN(C(=O)c2cc(C)cc(C)c2)C1)C(=O)O. The van der Waals surface area contributed by atoms with Gasteiger partial charge < -0.3 is 20.1 Å². The Kier molecular flexibility index (Phi) is 7.36. The van der Waals surface area contributed by atoms with Crippen molar-refractivity contribution in [3.63, 3.8) is 0 Å². The van der Waals surface area contributed by atoms with Crippen molar-refractivity contribution in [3.05, 3.63) is 34.9 Å². The summed E-state index contributed by atoms with van der Waals surface area (Å²) in [5.41, 5.74) is 2.66. The van der Waals surface area contributed by atoms with Crippen LogP contribution in [0.5, 0.6) is 0 Å². The lowest BCUT2D eigenvalue weighted by atomic mass is 9.95. The Morgan fingerprint density at radius 3 is 2.52 bits per heavy atom. The number of piperidine rings is 1. The number of aryl methyl sites for hydroxylation is 2. The molecule has 7 heteroatoms. The highest BCUT2D eigenvalue weighted by Crippen LogP contribution is 2.20. The third-order valence-corrected chi connectivity index (χ3v) is 4.77. The molecule has 2 unspecified atom stereocenters. The summed E-state index contributed by atoms with van der Waals surface area (Å²) in [5.74, 6) is -1.90. The molecule has 0 bridgehead atoms. The average Bonchev–Trinajstić information content (AvgIpc) is 2.63. The number of ether oxygens (including phenoxy) is 1. The summed E-state index contributed by atoms with van der Waals surface area (Å²) in [6.07, 6.45) is 1.55. The van der Waals surface area contributed by atoms with E-state index in [2.05, 4.69) is 5.32 Å². The van der Waals surface area contributed by atoms with Crippen molar-refractivity contribution < 1.29 is 24.2 Å². The first-order valence-electron chi connectivity index (χ1n) is 9.21. The molecule has 7 nitrogen and oxygen atoms in total. The van der Waals surface area contributed by atoms with Crippen molar-refractivity contribution in [1.29, 1.82) is 0 Å². The summed E-state index contributed by atoms with van der Waals surface area (Å²) in [5, 5.41) is 11.8. The van der Waals surface area contributed by atoms with Crippen LogP contribution in [0.1, 0.15) is 40.7 Å². The molecule has 148 valence electrons. The van der Waals surface area contributed by atoms with E-state index in [-0.39, 0.29) is 24.8 Å². The lowest BCUT2D eigenvalue weighted by molar-refractivity contribution is -0.143. The topological polar surface area (TPSA) is 95.9 Å². The number of carboxylic acids is 1. The fourth-order valence-electron chi connectivity index (χ4n) is 3.44. The third-order valence-electron chi connectivity index (χ3n) is 4.77. The van der Waals surface area contributed by atoms with Crippen molar-refractivity contribution in [2.45, 2.75) is 39.2 Å². The Bertz CT molecular complexity index is 683. The van der Waals surface area contributed by atoms with E-state index in [0.29, 0.717) is 31.5 Å². The number of likely N-dealkylation sites (tertiary alicyclic amines) is 1. The molecule has 0 aliphatic carbocycles. The molecule has 0 spiro atoms. The van der Waals surface area contributed by atoms with Gasteiger partial charge in [0.15, 0.2) is 0 Å². The van der Waals surface area contributed by atoms with Gasteiger partial charge in [-0.1, -0.05) is 17.2 Å². The largest absolute Gasteiger partial charge is 0.480 e. The number of amides is 2. The van der Waals surface area contributed by atoms with E-state index in [1.165, 1.54) is 7.11 Å². The first-order valence-corrected chi connectivity index (χ1v) is 9.21. The van der Waals surface area contributed by atoms with Crippen LogP contribution < -0.4 is 5.32 Å². The molecule has 1 aliphatic rings. The predicted molar refractivity (Wildman–Crippen MR) is 101 cm³/mol. The number of carboxylic acid groups (broad SMARTS) is 1. The number of aliphatic carboxylic acids is 1. The molecule has 0 saturated carbocycles. The Morgan fingerprint density at radius 1 is 1.26 bits per heavy atom. The molecule has 1 aromatic carbocycles. The number of hydrogen-bond donors (Lipinski definition) is 2. The molecule has 1 fully saturated rings. The van der Waals surface area contributed by atoms with Crippen molar-refractivity contribution in [2.24, 2.45) is 5.92 Å². The molecule has 0 radical (unpaired) electrons. The van der Waals surface area contributed by atoms with Crippen LogP contribution in [-0.2, 0) is 14.3 Å². The highest BCUT2D eigenvalue weighted by Gasteiger charge is 2.31. The maximum absolute atomic E-state index is 12.8. The van der Waals surface area contributed by atoms with Gasteiger partial charge in [-0.05, 0) is 38.8 Å². The number of carbonyl (C=O) groups excluding carboxylic acids is 2. The van der Waals surface area contributed by atoms with E-state index in [1.807, 2.05) is 32.0 Å². The normalized spacial score (nSPS) is 18.0. The molecule has 1 heterocycles. The van der Waals surface area contributed by atoms with Gasteiger partial charge in [-0.3, -0.25) is 9.59 Å². The van der Waals surface area contributed by atoms with Gasteiger partial charge in [-0.25, -0.2) is 4.79 Å². The summed E-state index contributed by atoms with van der Waals surface area (Å²) in [4.78, 5) is 38.4. The van der Waals surface area contributed by atoms with Crippen molar-refractivity contribution in [3.8, 4) is 0 Å². The molecule has 1 saturated heterocycles. The molecule has 0 aromatic heterocycles. The second kappa shape index (κ2) is 9.50. The number of hydrogen-bond acceptors (Lipinski definition) is 4. The fourth-order valence-corrected chi connectivity index (χ4v) is 3.44. The van der Waals surface area contributed by atoms with Crippen LogP contribution in [0.15, 0.2) is 18.2 Å². The number of benzene rings is 1. The van der Waals surface area contributed by atoms with Gasteiger partial charge in [0.2, 0.25) is 5.91 Å². The van der Waals surface area contributed by atoms with Crippen LogP contribution in [0.25, 0.3) is 0 Å². The van der Waals surface area contributed by atoms with Gasteiger partial charge >= 0.3 is 5.97 Å². The monoisotopic (exact) mass is 376 g/mol. The Labute approximate surface area is 159 Å². The predicted octanol–water partition coefficient (Wildman–Crippen LogP) is 1.76. The molecule has 2 rings (SSSR count). The molecule has 2 amide bonds. The number of carbonyl (C=O) groups is 3. The second-order valence-electron chi connectivity index (χ2n) is 7.15. The summed E-state index contributed by atoms with van der Waals surface area (Å²) in [7, 11) is 1.48. The molecule has 1 aromatic rings. The van der Waals surface area contributed by atoms with Gasteiger partial charge in [-0.15, -0.1) is 0 Å². The Morgan fingerprint density at radius 2 is 1.93 bits per heavy atom. The van der Waals surface area contributed by atoms with Gasteiger partial charge in [0.05, 0.1) is 5.92 Å². The minimum Gasteiger partial charge on any atom is -0.480 e. The van der Waals surface area contributed by atoms with Gasteiger partial charge in [-0.2, -0.15) is 0 Å². The van der Waals surface area contributed by atoms with Crippen LogP contribution in [0.3, 0.4) is 0 Å². The second-order valence-corrected chi connectivity index (χ2v) is 7.15. The number of methoxy groups -OCH3 is 1. The van der Waals surface area contributed by atoms with Crippen LogP contribution in [0.2, 0.25) is 0 Å². The van der Waals surface area contributed by atoms with Crippen LogP contribution in [0, 0.1) is 19.8 Å². The summed E-state index contributed by atoms with van der Waals surface area (Å²) < 4.78 is 4.90. The first-order chi connectivity index (χ1) is 12.8. The number of nitrogens with one attached hydrogen (secondary N) is 1. The van der Waals surface area contributed by atoms with E-state index in [1.54, 1.807) is 4.90 Å². The standard InChI is InChI=1S/C20H28N2O5/c1-13-9-14(2)11-16(10-13)19(24)22-7-4-5-15(12-22)18(23)21-17(20(25)26)6-8-27-3/h9-11,15,17H,4-8,12H2,1-3H3,(H,21,23)(H,25,26). The third kappa shape index (κ3) is 5.79. The highest BCUT2D eigenvalue weighted by molar-refractivity contribution is 5.95. The van der Waals surface area contributed by atoms with E-state index in [9.17, 15) is 19.5 Å². The zero-order chi connectivity index (χ0) is 20.0. The lowest BCUT2D eigenvalue weighted by Crippen LogP contribution is -2.49. The zero-order valence-electron chi connectivity index (χ0n) is 16.2. The van der Waals surface area contributed by atoms with Gasteiger partial charge in [0, 0.05) is 38.8 Å². The molecule has 27 heavy (non-hydrogen) atoms. The minimum absolute atomic E-state index is 0.0894. The van der Waals surface area contributed by atoms with E-state index in [4.69, 9.17) is 4.74 Å². The zero-order valence-corrected chi connectivity index (χ0v) is 16.2. The molecule has 2 N–H and O–H groups in total. The van der Waals surface area contributed by atoms with E-state index < -0.39 is 17.9 Å². The molecular formula is C20H28N2O5. The first kappa shape index (κ1) is 20.9. The van der Waals surface area contributed by atoms with Gasteiger partial charge in [0.1, 0.15) is 6.04 Å². The molecule has 1 aliphatic heterocycles. The van der Waals surface area contributed by atoms with E-state index in [0.717, 1.165) is 11.1 Å². The van der Waals surface area contributed by atoms with Crippen molar-refractivity contribution in [2.75, 3.05) is 26.8 Å². The maximum atomic E-state index is 12.8. The Hall–Kier alpha value is -2.41. The minimum atomic E-state index is -1.08. The summed E-state index contributed by atoms with van der Waals surface area (Å²) in [6.45, 7) is 5.04. The van der Waals surface area contributed by atoms with Crippen LogP contribution >= 0.6 is 0 Å². The van der Waals surface area contributed by atoms with Gasteiger partial charge in [0.25, 0.3) is 5.91 Å². The van der Waals surface area contributed by atoms with E-state index >= 15 is 0 Å². The van der Waals surface area contributed by atoms with Crippen LogP contribution in [-0.4, -0.2) is 60.6 Å². The highest BCUT2D eigenvalue weighted by atomic mass is 16.5. The Balaban J connectivity index is 2.02. The molecular weight excluding hydrogens is 348 g/mol. The quantitative estimate of drug-likeness (QED) is 0.756. The summed E-state index contributed by atoms with van der Waals surface area (Å²) in [6, 6.07) is 4.73.